The van der Waals surface area contributed by atoms with E-state index in [0.29, 0.717) is 0 Å². The molecule has 92 valence electrons. The molecule has 0 atom stereocenters. The van der Waals surface area contributed by atoms with Crippen LogP contribution < -0.4 is 10.1 Å². The lowest BCUT2D eigenvalue weighted by Crippen LogP contribution is -2.22. The smallest absolute Gasteiger partial charge is 0.248 e. The summed E-state index contributed by atoms with van der Waals surface area (Å²) in [5.74, 6) is 0.665. The molecule has 0 spiro atoms. The van der Waals surface area contributed by atoms with Gasteiger partial charge in [-0.05, 0) is 58.0 Å². The zero-order chi connectivity index (χ0) is 12.9. The molecule has 0 unspecified atom stereocenters. The van der Waals surface area contributed by atoms with Crippen LogP contribution in [-0.4, -0.2) is 11.5 Å². The summed E-state index contributed by atoms with van der Waals surface area (Å²) in [5, 5.41) is 2.75. The highest BCUT2D eigenvalue weighted by molar-refractivity contribution is 5.99. The number of allylic oxidation sites excluding steroid dienone is 1. The van der Waals surface area contributed by atoms with Crippen LogP contribution >= 0.6 is 0 Å². The Morgan fingerprint density at radius 1 is 1.24 bits per heavy atom. The van der Waals surface area contributed by atoms with Gasteiger partial charge < -0.3 is 10.1 Å². The summed E-state index contributed by atoms with van der Waals surface area (Å²) < 4.78 is 5.68. The molecular weight excluding hydrogens is 214 g/mol. The molecule has 0 fully saturated rings. The molecule has 0 aliphatic heterocycles. The first kappa shape index (κ1) is 13.3. The van der Waals surface area contributed by atoms with Gasteiger partial charge in [0.2, 0.25) is 5.91 Å². The normalized spacial score (nSPS) is 11.5. The highest BCUT2D eigenvalue weighted by Gasteiger charge is 2.11. The fraction of sp³-hybridized carbons (Fsp3) is 0.357. The van der Waals surface area contributed by atoms with Crippen molar-refractivity contribution >= 4 is 11.6 Å². The third-order valence-electron chi connectivity index (χ3n) is 1.86. The van der Waals surface area contributed by atoms with Gasteiger partial charge in [0, 0.05) is 5.69 Å². The van der Waals surface area contributed by atoms with Gasteiger partial charge in [0.1, 0.15) is 11.4 Å². The number of anilines is 1. The van der Waals surface area contributed by atoms with Crippen molar-refractivity contribution in [3.8, 4) is 5.75 Å². The molecule has 0 aromatic heterocycles. The van der Waals surface area contributed by atoms with Crippen LogP contribution in [0.15, 0.2) is 36.4 Å². The van der Waals surface area contributed by atoms with E-state index in [-0.39, 0.29) is 11.5 Å². The number of amides is 1. The zero-order valence-corrected chi connectivity index (χ0v) is 10.8. The van der Waals surface area contributed by atoms with Crippen molar-refractivity contribution in [1.29, 1.82) is 0 Å². The number of nitrogens with one attached hydrogen (secondary N) is 1. The fourth-order valence-electron chi connectivity index (χ4n) is 1.30. The van der Waals surface area contributed by atoms with Crippen molar-refractivity contribution < 1.29 is 9.53 Å². The third-order valence-corrected chi connectivity index (χ3v) is 1.86. The van der Waals surface area contributed by atoms with E-state index in [0.717, 1.165) is 11.4 Å². The number of ether oxygens (including phenoxy) is 1. The molecule has 1 N–H and O–H groups in total. The lowest BCUT2D eigenvalue weighted by molar-refractivity contribution is -0.111. The monoisotopic (exact) mass is 233 g/mol. The van der Waals surface area contributed by atoms with Crippen molar-refractivity contribution in [1.82, 2.24) is 0 Å². The molecule has 1 amide bonds. The van der Waals surface area contributed by atoms with Gasteiger partial charge in [-0.15, -0.1) is 0 Å². The van der Waals surface area contributed by atoms with E-state index in [1.807, 2.05) is 45.0 Å². The van der Waals surface area contributed by atoms with E-state index in [9.17, 15) is 4.79 Å². The summed E-state index contributed by atoms with van der Waals surface area (Å²) in [6.07, 6.45) is 3.19. The van der Waals surface area contributed by atoms with Crippen molar-refractivity contribution in [2.45, 2.75) is 33.3 Å². The quantitative estimate of drug-likeness (QED) is 0.813. The maximum absolute atomic E-state index is 11.3. The number of benzene rings is 1. The molecule has 0 saturated carbocycles. The Morgan fingerprint density at radius 3 is 2.29 bits per heavy atom. The maximum Gasteiger partial charge on any atom is 0.248 e. The second-order valence-electron chi connectivity index (χ2n) is 4.73. The Labute approximate surface area is 102 Å². The maximum atomic E-state index is 11.3. The molecular formula is C14H19NO2. The van der Waals surface area contributed by atoms with Gasteiger partial charge in [0.15, 0.2) is 0 Å². The first-order valence-electron chi connectivity index (χ1n) is 5.63. The van der Waals surface area contributed by atoms with Crippen LogP contribution in [0, 0.1) is 0 Å². The molecule has 1 aromatic carbocycles. The zero-order valence-electron chi connectivity index (χ0n) is 10.8. The molecule has 1 rings (SSSR count). The molecule has 17 heavy (non-hydrogen) atoms. The van der Waals surface area contributed by atoms with E-state index in [4.69, 9.17) is 4.74 Å². The number of carbonyl (C=O) groups excluding carboxylic acids is 1. The van der Waals surface area contributed by atoms with Gasteiger partial charge >= 0.3 is 0 Å². The van der Waals surface area contributed by atoms with Crippen molar-refractivity contribution in [3.63, 3.8) is 0 Å². The molecule has 3 nitrogen and oxygen atoms in total. The predicted molar refractivity (Wildman–Crippen MR) is 70.3 cm³/mol. The largest absolute Gasteiger partial charge is 0.488 e. The summed E-state index contributed by atoms with van der Waals surface area (Å²) >= 11 is 0. The van der Waals surface area contributed by atoms with Gasteiger partial charge in [0.25, 0.3) is 0 Å². The van der Waals surface area contributed by atoms with Gasteiger partial charge in [-0.25, -0.2) is 0 Å². The second kappa shape index (κ2) is 5.53. The number of hydrogen-bond acceptors (Lipinski definition) is 2. The molecule has 0 heterocycles. The minimum Gasteiger partial charge on any atom is -0.488 e. The lowest BCUT2D eigenvalue weighted by atomic mass is 10.2. The Balaban J connectivity index is 2.65. The van der Waals surface area contributed by atoms with Crippen molar-refractivity contribution in [2.24, 2.45) is 0 Å². The summed E-state index contributed by atoms with van der Waals surface area (Å²) in [5.41, 5.74) is 0.546. The molecule has 0 saturated heterocycles. The minimum atomic E-state index is -0.213. The summed E-state index contributed by atoms with van der Waals surface area (Å²) in [7, 11) is 0. The number of rotatable bonds is 3. The third kappa shape index (κ3) is 5.20. The van der Waals surface area contributed by atoms with E-state index in [1.54, 1.807) is 13.0 Å². The van der Waals surface area contributed by atoms with Gasteiger partial charge in [-0.1, -0.05) is 6.08 Å². The van der Waals surface area contributed by atoms with Crippen LogP contribution in [0.5, 0.6) is 5.75 Å². The van der Waals surface area contributed by atoms with Crippen LogP contribution in [0.2, 0.25) is 0 Å². The first-order chi connectivity index (χ1) is 7.90. The number of carbonyl (C=O) groups is 1. The van der Waals surface area contributed by atoms with Crippen LogP contribution in [0.1, 0.15) is 27.7 Å². The Morgan fingerprint density at radius 2 is 1.82 bits per heavy atom. The number of hydrogen-bond donors (Lipinski definition) is 1. The van der Waals surface area contributed by atoms with E-state index >= 15 is 0 Å². The van der Waals surface area contributed by atoms with Gasteiger partial charge in [-0.2, -0.15) is 0 Å². The summed E-state index contributed by atoms with van der Waals surface area (Å²) in [6, 6.07) is 7.33. The van der Waals surface area contributed by atoms with Crippen LogP contribution in [-0.2, 0) is 4.79 Å². The SMILES string of the molecule is C/C=C/C(=O)Nc1ccc(OC(C)(C)C)cc1. The predicted octanol–water partition coefficient (Wildman–Crippen LogP) is 3.38. The molecule has 0 bridgehead atoms. The molecule has 0 radical (unpaired) electrons. The van der Waals surface area contributed by atoms with Crippen molar-refractivity contribution in [3.05, 3.63) is 36.4 Å². The standard InChI is InChI=1S/C14H19NO2/c1-5-6-13(16)15-11-7-9-12(10-8-11)17-14(2,3)4/h5-10H,1-4H3,(H,15,16)/b6-5+. The summed E-state index contributed by atoms with van der Waals surface area (Å²) in [6.45, 7) is 7.79. The second-order valence-corrected chi connectivity index (χ2v) is 4.73. The van der Waals surface area contributed by atoms with Crippen LogP contribution in [0.4, 0.5) is 5.69 Å². The highest BCUT2D eigenvalue weighted by atomic mass is 16.5. The minimum absolute atomic E-state index is 0.128. The lowest BCUT2D eigenvalue weighted by Gasteiger charge is -2.21. The van der Waals surface area contributed by atoms with Crippen LogP contribution in [0.3, 0.4) is 0 Å². The van der Waals surface area contributed by atoms with E-state index in [1.165, 1.54) is 6.08 Å². The van der Waals surface area contributed by atoms with Gasteiger partial charge in [-0.3, -0.25) is 4.79 Å². The Bertz CT molecular complexity index is 399. The fourth-order valence-corrected chi connectivity index (χ4v) is 1.30. The average Bonchev–Trinajstić information content (AvgIpc) is 2.19. The Kier molecular flexibility index (Phi) is 4.32. The average molecular weight is 233 g/mol. The van der Waals surface area contributed by atoms with Gasteiger partial charge in [0.05, 0.1) is 0 Å². The molecule has 0 aliphatic carbocycles. The summed E-state index contributed by atoms with van der Waals surface area (Å²) in [4.78, 5) is 11.3. The molecule has 1 aromatic rings. The molecule has 0 aliphatic rings. The molecule has 3 heteroatoms. The van der Waals surface area contributed by atoms with E-state index in [2.05, 4.69) is 5.32 Å². The van der Waals surface area contributed by atoms with E-state index < -0.39 is 0 Å². The first-order valence-corrected chi connectivity index (χ1v) is 5.63. The Hall–Kier alpha value is -1.77. The highest BCUT2D eigenvalue weighted by Crippen LogP contribution is 2.20. The topological polar surface area (TPSA) is 38.3 Å². The van der Waals surface area contributed by atoms with Crippen LogP contribution in [0.25, 0.3) is 0 Å². The van der Waals surface area contributed by atoms with Crippen molar-refractivity contribution in [2.75, 3.05) is 5.32 Å².